The summed E-state index contributed by atoms with van der Waals surface area (Å²) in [5, 5.41) is 0. The van der Waals surface area contributed by atoms with Gasteiger partial charge < -0.3 is 9.47 Å². The molecule has 0 radical (unpaired) electrons. The third-order valence-corrected chi connectivity index (χ3v) is 4.77. The van der Waals surface area contributed by atoms with Crippen LogP contribution < -0.4 is 4.74 Å². The van der Waals surface area contributed by atoms with Gasteiger partial charge in [0.15, 0.2) is 6.10 Å². The molecule has 27 heavy (non-hydrogen) atoms. The lowest BCUT2D eigenvalue weighted by Crippen LogP contribution is -2.48. The summed E-state index contributed by atoms with van der Waals surface area (Å²) in [5.41, 5.74) is 0.249. The molecule has 3 nitrogen and oxygen atoms in total. The van der Waals surface area contributed by atoms with E-state index in [4.69, 9.17) is 9.47 Å². The third-order valence-electron chi connectivity index (χ3n) is 4.77. The standard InChI is InChI=1S/C21H24F3NO2/c1-15(2)25-12-13-26-19(14-25)20(16-6-4-3-5-7-16)27-18-10-8-17(9-11-18)21(22,23)24/h3-11,15,19-20H,12-14H2,1-2H3. The van der Waals surface area contributed by atoms with Gasteiger partial charge in [0.2, 0.25) is 0 Å². The van der Waals surface area contributed by atoms with Crippen LogP contribution in [0.2, 0.25) is 0 Å². The quantitative estimate of drug-likeness (QED) is 0.735. The van der Waals surface area contributed by atoms with Gasteiger partial charge in [0.1, 0.15) is 11.9 Å². The number of halogens is 3. The van der Waals surface area contributed by atoms with E-state index in [1.165, 1.54) is 12.1 Å². The molecule has 0 aromatic heterocycles. The minimum absolute atomic E-state index is 0.203. The Hall–Kier alpha value is -2.05. The second kappa shape index (κ2) is 8.31. The first-order chi connectivity index (χ1) is 12.8. The number of hydrogen-bond donors (Lipinski definition) is 0. The number of benzene rings is 2. The Bertz CT molecular complexity index is 716. The Morgan fingerprint density at radius 2 is 1.70 bits per heavy atom. The van der Waals surface area contributed by atoms with Gasteiger partial charge in [-0.3, -0.25) is 4.90 Å². The first-order valence-corrected chi connectivity index (χ1v) is 9.09. The van der Waals surface area contributed by atoms with E-state index in [-0.39, 0.29) is 6.10 Å². The number of hydrogen-bond acceptors (Lipinski definition) is 3. The molecule has 1 aliphatic heterocycles. The molecule has 0 bridgehead atoms. The summed E-state index contributed by atoms with van der Waals surface area (Å²) in [6.07, 6.45) is -4.96. The summed E-state index contributed by atoms with van der Waals surface area (Å²) >= 11 is 0. The van der Waals surface area contributed by atoms with Gasteiger partial charge in [-0.15, -0.1) is 0 Å². The van der Waals surface area contributed by atoms with E-state index in [1.54, 1.807) is 0 Å². The second-order valence-corrected chi connectivity index (χ2v) is 6.97. The van der Waals surface area contributed by atoms with E-state index in [0.717, 1.165) is 24.2 Å². The molecule has 0 saturated carbocycles. The summed E-state index contributed by atoms with van der Waals surface area (Å²) in [6, 6.07) is 14.9. The number of ether oxygens (including phenoxy) is 2. The minimum Gasteiger partial charge on any atom is -0.483 e. The van der Waals surface area contributed by atoms with Crippen LogP contribution in [-0.4, -0.2) is 36.7 Å². The van der Waals surface area contributed by atoms with E-state index in [2.05, 4.69) is 18.7 Å². The van der Waals surface area contributed by atoms with Crippen molar-refractivity contribution < 1.29 is 22.6 Å². The fourth-order valence-corrected chi connectivity index (χ4v) is 3.22. The average Bonchev–Trinajstić information content (AvgIpc) is 2.66. The molecule has 3 rings (SSSR count). The van der Waals surface area contributed by atoms with Crippen LogP contribution in [0, 0.1) is 0 Å². The lowest BCUT2D eigenvalue weighted by atomic mass is 10.0. The van der Waals surface area contributed by atoms with Gasteiger partial charge in [0.05, 0.1) is 12.2 Å². The molecule has 0 amide bonds. The highest BCUT2D eigenvalue weighted by atomic mass is 19.4. The molecular formula is C21H24F3NO2. The average molecular weight is 379 g/mol. The molecule has 0 spiro atoms. The molecule has 1 aliphatic rings. The fourth-order valence-electron chi connectivity index (χ4n) is 3.22. The highest BCUT2D eigenvalue weighted by Crippen LogP contribution is 2.33. The highest BCUT2D eigenvalue weighted by Gasteiger charge is 2.33. The Labute approximate surface area is 157 Å². The van der Waals surface area contributed by atoms with Crippen LogP contribution in [0.3, 0.4) is 0 Å². The summed E-state index contributed by atoms with van der Waals surface area (Å²) in [7, 11) is 0. The molecule has 2 atom stereocenters. The number of rotatable bonds is 5. The highest BCUT2D eigenvalue weighted by molar-refractivity contribution is 5.30. The monoisotopic (exact) mass is 379 g/mol. The zero-order chi connectivity index (χ0) is 19.4. The number of nitrogens with zero attached hydrogens (tertiary/aromatic N) is 1. The first-order valence-electron chi connectivity index (χ1n) is 9.09. The largest absolute Gasteiger partial charge is 0.483 e. The maximum atomic E-state index is 12.8. The van der Waals surface area contributed by atoms with Crippen molar-refractivity contribution in [2.75, 3.05) is 19.7 Å². The van der Waals surface area contributed by atoms with Gasteiger partial charge >= 0.3 is 6.18 Å². The van der Waals surface area contributed by atoms with Crippen LogP contribution in [-0.2, 0) is 10.9 Å². The van der Waals surface area contributed by atoms with Crippen LogP contribution >= 0.6 is 0 Å². The van der Waals surface area contributed by atoms with E-state index >= 15 is 0 Å². The maximum absolute atomic E-state index is 12.8. The molecule has 1 heterocycles. The molecule has 2 aromatic carbocycles. The Kier molecular flexibility index (Phi) is 6.07. The Morgan fingerprint density at radius 1 is 1.04 bits per heavy atom. The zero-order valence-corrected chi connectivity index (χ0v) is 15.4. The van der Waals surface area contributed by atoms with E-state index in [0.29, 0.717) is 24.9 Å². The van der Waals surface area contributed by atoms with Crippen molar-refractivity contribution in [3.8, 4) is 5.75 Å². The van der Waals surface area contributed by atoms with Crippen molar-refractivity contribution >= 4 is 0 Å². The van der Waals surface area contributed by atoms with Crippen molar-refractivity contribution in [1.29, 1.82) is 0 Å². The predicted molar refractivity (Wildman–Crippen MR) is 97.7 cm³/mol. The van der Waals surface area contributed by atoms with Gasteiger partial charge in [-0.25, -0.2) is 0 Å². The van der Waals surface area contributed by atoms with Crippen molar-refractivity contribution in [2.24, 2.45) is 0 Å². The normalized spacial score (nSPS) is 19.9. The van der Waals surface area contributed by atoms with Gasteiger partial charge in [-0.05, 0) is 43.7 Å². The first kappa shape index (κ1) is 19.7. The maximum Gasteiger partial charge on any atom is 0.416 e. The fraction of sp³-hybridized carbons (Fsp3) is 0.429. The summed E-state index contributed by atoms with van der Waals surface area (Å²) in [6.45, 7) is 6.43. The molecule has 1 saturated heterocycles. The Morgan fingerprint density at radius 3 is 2.30 bits per heavy atom. The number of alkyl halides is 3. The SMILES string of the molecule is CC(C)N1CCOC(C(Oc2ccc(C(F)(F)F)cc2)c2ccccc2)C1. The summed E-state index contributed by atoms with van der Waals surface area (Å²) < 4.78 is 50.5. The molecule has 2 aromatic rings. The third kappa shape index (κ3) is 5.02. The molecule has 2 unspecified atom stereocenters. The topological polar surface area (TPSA) is 21.7 Å². The van der Waals surface area contributed by atoms with Crippen LogP contribution in [0.5, 0.6) is 5.75 Å². The van der Waals surface area contributed by atoms with Crippen LogP contribution in [0.1, 0.15) is 31.1 Å². The van der Waals surface area contributed by atoms with E-state index < -0.39 is 17.8 Å². The Balaban J connectivity index is 1.83. The van der Waals surface area contributed by atoms with Crippen LogP contribution in [0.25, 0.3) is 0 Å². The van der Waals surface area contributed by atoms with Gasteiger partial charge in [0.25, 0.3) is 0 Å². The molecule has 146 valence electrons. The van der Waals surface area contributed by atoms with Crippen LogP contribution in [0.15, 0.2) is 54.6 Å². The molecule has 1 fully saturated rings. The van der Waals surface area contributed by atoms with E-state index in [1.807, 2.05) is 30.3 Å². The molecule has 0 N–H and O–H groups in total. The van der Waals surface area contributed by atoms with Gasteiger partial charge in [-0.2, -0.15) is 13.2 Å². The van der Waals surface area contributed by atoms with Crippen molar-refractivity contribution in [2.45, 2.75) is 38.3 Å². The molecule has 0 aliphatic carbocycles. The minimum atomic E-state index is -4.36. The zero-order valence-electron chi connectivity index (χ0n) is 15.4. The smallest absolute Gasteiger partial charge is 0.416 e. The number of morpholine rings is 1. The molecular weight excluding hydrogens is 355 g/mol. The predicted octanol–water partition coefficient (Wildman–Crippen LogP) is 4.93. The molecule has 6 heteroatoms. The van der Waals surface area contributed by atoms with Crippen molar-refractivity contribution in [3.63, 3.8) is 0 Å². The van der Waals surface area contributed by atoms with Crippen molar-refractivity contribution in [1.82, 2.24) is 4.90 Å². The lowest BCUT2D eigenvalue weighted by molar-refractivity contribution is -0.137. The van der Waals surface area contributed by atoms with Crippen molar-refractivity contribution in [3.05, 3.63) is 65.7 Å². The second-order valence-electron chi connectivity index (χ2n) is 6.97. The summed E-state index contributed by atoms with van der Waals surface area (Å²) in [4.78, 5) is 2.32. The lowest BCUT2D eigenvalue weighted by Gasteiger charge is -2.39. The summed E-state index contributed by atoms with van der Waals surface area (Å²) in [5.74, 6) is 0.391. The van der Waals surface area contributed by atoms with E-state index in [9.17, 15) is 13.2 Å². The van der Waals surface area contributed by atoms with Crippen LogP contribution in [0.4, 0.5) is 13.2 Å². The van der Waals surface area contributed by atoms with Gasteiger partial charge in [-0.1, -0.05) is 30.3 Å². The van der Waals surface area contributed by atoms with Gasteiger partial charge in [0, 0.05) is 19.1 Å².